The van der Waals surface area contributed by atoms with E-state index in [9.17, 15) is 27.9 Å². The topological polar surface area (TPSA) is 189 Å². The fourth-order valence-corrected chi connectivity index (χ4v) is 7.68. The third kappa shape index (κ3) is 6.92. The van der Waals surface area contributed by atoms with E-state index in [1.54, 1.807) is 27.7 Å². The van der Waals surface area contributed by atoms with Crippen LogP contribution in [0.3, 0.4) is 0 Å². The average molecular weight is 771 g/mol. The number of aryl methyl sites for hydroxylation is 1. The highest BCUT2D eigenvalue weighted by Crippen LogP contribution is 2.34. The van der Waals surface area contributed by atoms with Crippen LogP contribution in [0.4, 0.5) is 27.3 Å². The van der Waals surface area contributed by atoms with Crippen molar-refractivity contribution in [1.29, 1.82) is 0 Å². The van der Waals surface area contributed by atoms with Crippen LogP contribution in [-0.2, 0) is 21.4 Å². The summed E-state index contributed by atoms with van der Waals surface area (Å²) in [6, 6.07) is 15.7. The molecule has 7 rings (SSSR count). The molecule has 5 aromatic rings. The lowest BCUT2D eigenvalue weighted by Gasteiger charge is -2.38. The van der Waals surface area contributed by atoms with Crippen molar-refractivity contribution in [3.05, 3.63) is 100 Å². The van der Waals surface area contributed by atoms with Gasteiger partial charge in [0.1, 0.15) is 23.4 Å². The van der Waals surface area contributed by atoms with Gasteiger partial charge in [0.15, 0.2) is 5.82 Å². The van der Waals surface area contributed by atoms with Crippen molar-refractivity contribution in [3.63, 3.8) is 0 Å². The fraction of sp³-hybridized carbons (Fsp3) is 0.243. The van der Waals surface area contributed by atoms with Crippen molar-refractivity contribution in [2.24, 2.45) is 4.99 Å². The van der Waals surface area contributed by atoms with Crippen molar-refractivity contribution < 1.29 is 37.0 Å². The molecule has 4 heterocycles. The quantitative estimate of drug-likeness (QED) is 0.199. The Morgan fingerprint density at radius 1 is 0.982 bits per heavy atom. The van der Waals surface area contributed by atoms with Crippen LogP contribution < -0.4 is 29.4 Å². The molecule has 55 heavy (non-hydrogen) atoms. The van der Waals surface area contributed by atoms with Crippen LogP contribution in [0.15, 0.2) is 87.9 Å². The molecule has 3 aromatic carbocycles. The minimum atomic E-state index is -4.11. The van der Waals surface area contributed by atoms with Gasteiger partial charge in [0.25, 0.3) is 21.8 Å². The Hall–Kier alpha value is -6.40. The number of aliphatic imine (C=N–C) groups is 1. The van der Waals surface area contributed by atoms with Gasteiger partial charge < -0.3 is 24.0 Å². The zero-order valence-corrected chi connectivity index (χ0v) is 30.7. The van der Waals surface area contributed by atoms with Crippen LogP contribution in [0.1, 0.15) is 22.8 Å². The van der Waals surface area contributed by atoms with Crippen molar-refractivity contribution in [2.45, 2.75) is 18.4 Å². The van der Waals surface area contributed by atoms with Crippen molar-refractivity contribution in [1.82, 2.24) is 19.4 Å². The normalized spacial score (nSPS) is 15.4. The van der Waals surface area contributed by atoms with Gasteiger partial charge in [-0.15, -0.1) is 0 Å². The van der Waals surface area contributed by atoms with Crippen molar-refractivity contribution in [3.8, 4) is 11.6 Å². The zero-order chi connectivity index (χ0) is 39.0. The predicted octanol–water partition coefficient (Wildman–Crippen LogP) is 3.71. The minimum absolute atomic E-state index is 0.00397. The molecule has 18 heteroatoms. The van der Waals surface area contributed by atoms with Gasteiger partial charge in [-0.2, -0.15) is 4.98 Å². The molecule has 0 spiro atoms. The van der Waals surface area contributed by atoms with Crippen LogP contribution in [0, 0.1) is 5.82 Å². The molecule has 1 amide bonds. The fourth-order valence-electron chi connectivity index (χ4n) is 6.67. The first-order valence-corrected chi connectivity index (χ1v) is 18.6. The Morgan fingerprint density at radius 3 is 2.38 bits per heavy atom. The van der Waals surface area contributed by atoms with Gasteiger partial charge in [0.2, 0.25) is 11.2 Å². The molecular weight excluding hydrogens is 736 g/mol. The smallest absolute Gasteiger partial charge is 0.341 e. The lowest BCUT2D eigenvalue weighted by Crippen LogP contribution is -2.51. The number of nitrogens with one attached hydrogen (secondary N) is 1. The number of fused-ring (bicyclic) bond motifs is 2. The number of rotatable bonds is 11. The molecule has 0 saturated carbocycles. The SMILES string of the molecule is CCn1cc(C(=O)O)c(=O)c2cc(F)c(N3CCN(CN4C(=O)C(=Nc5ccc(S(=O)(=O)Nc6ncnc(OC)c6OC)cc5)c5ccccc54)CC3)cc21. The Kier molecular flexibility index (Phi) is 9.93. The molecule has 1 saturated heterocycles. The van der Waals surface area contributed by atoms with E-state index in [1.165, 1.54) is 44.7 Å². The summed E-state index contributed by atoms with van der Waals surface area (Å²) < 4.78 is 56.2. The van der Waals surface area contributed by atoms with Crippen LogP contribution in [0.5, 0.6) is 11.6 Å². The van der Waals surface area contributed by atoms with Crippen LogP contribution in [0.25, 0.3) is 10.9 Å². The molecule has 0 bridgehead atoms. The maximum atomic E-state index is 15.5. The lowest BCUT2D eigenvalue weighted by atomic mass is 10.1. The van der Waals surface area contributed by atoms with Gasteiger partial charge in [-0.25, -0.2) is 27.6 Å². The number of hydrogen-bond acceptors (Lipinski definition) is 12. The molecule has 2 N–H and O–H groups in total. The van der Waals surface area contributed by atoms with Gasteiger partial charge >= 0.3 is 5.97 Å². The third-order valence-electron chi connectivity index (χ3n) is 9.46. The number of carbonyl (C=O) groups is 2. The molecule has 0 aliphatic carbocycles. The van der Waals surface area contributed by atoms with E-state index in [0.717, 1.165) is 12.4 Å². The Balaban J connectivity index is 1.06. The number of pyridine rings is 1. The summed E-state index contributed by atoms with van der Waals surface area (Å²) in [7, 11) is -1.40. The van der Waals surface area contributed by atoms with E-state index in [1.807, 2.05) is 24.0 Å². The molecule has 284 valence electrons. The molecule has 1 fully saturated rings. The number of halogens is 1. The third-order valence-corrected chi connectivity index (χ3v) is 10.8. The first-order valence-electron chi connectivity index (χ1n) is 17.1. The standard InChI is InChI=1S/C37H35FN8O8S/c1-4-44-19-26(37(49)50)32(47)25-17-27(38)30(18-29(25)44)45-15-13-43(14-16-45)21-46-28-8-6-5-7-24(28)31(36(46)48)41-22-9-11-23(12-10-22)55(51,52)42-34-33(53-2)35(54-3)40-20-39-34/h5-12,17-20H,4,13-16,21H2,1-3H3,(H,49,50)(H,39,40,42). The summed E-state index contributed by atoms with van der Waals surface area (Å²) in [6.07, 6.45) is 2.42. The van der Waals surface area contributed by atoms with E-state index < -0.39 is 32.8 Å². The molecule has 2 aliphatic heterocycles. The molecule has 0 atom stereocenters. The summed E-state index contributed by atoms with van der Waals surface area (Å²) >= 11 is 0. The number of aromatic carboxylic acids is 1. The second-order valence-electron chi connectivity index (χ2n) is 12.6. The molecule has 2 aromatic heterocycles. The zero-order valence-electron chi connectivity index (χ0n) is 29.9. The summed E-state index contributed by atoms with van der Waals surface area (Å²) in [5.74, 6) is -2.35. The van der Waals surface area contributed by atoms with Crippen molar-refractivity contribution >= 4 is 61.4 Å². The van der Waals surface area contributed by atoms with E-state index in [4.69, 9.17) is 9.47 Å². The summed E-state index contributed by atoms with van der Waals surface area (Å²) in [4.78, 5) is 56.3. The van der Waals surface area contributed by atoms with Crippen molar-refractivity contribution in [2.75, 3.05) is 61.6 Å². The number of amides is 1. The number of carbonyl (C=O) groups excluding carboxylic acids is 1. The summed E-state index contributed by atoms with van der Waals surface area (Å²) in [5.41, 5.74) is 1.45. The number of piperazine rings is 1. The average Bonchev–Trinajstić information content (AvgIpc) is 3.44. The predicted molar refractivity (Wildman–Crippen MR) is 202 cm³/mol. The molecular formula is C37H35FN8O8S. The molecule has 0 unspecified atom stereocenters. The van der Waals surface area contributed by atoms with Crippen LogP contribution in [-0.4, -0.2) is 97.6 Å². The molecule has 16 nitrogen and oxygen atoms in total. The van der Waals surface area contributed by atoms with Gasteiger partial charge in [-0.1, -0.05) is 18.2 Å². The number of methoxy groups -OCH3 is 2. The van der Waals surface area contributed by atoms with E-state index in [-0.39, 0.29) is 46.0 Å². The number of anilines is 3. The van der Waals surface area contributed by atoms with E-state index >= 15 is 4.39 Å². The number of ether oxygens (including phenoxy) is 2. The van der Waals surface area contributed by atoms with Crippen LogP contribution >= 0.6 is 0 Å². The number of benzene rings is 3. The van der Waals surface area contributed by atoms with E-state index in [0.29, 0.717) is 60.9 Å². The number of hydrogen-bond donors (Lipinski definition) is 2. The van der Waals surface area contributed by atoms with Gasteiger partial charge in [0, 0.05) is 49.9 Å². The number of para-hydroxylation sites is 1. The monoisotopic (exact) mass is 770 g/mol. The number of carboxylic acid groups (broad SMARTS) is 1. The molecule has 0 radical (unpaired) electrons. The van der Waals surface area contributed by atoms with E-state index in [2.05, 4.69) is 24.6 Å². The number of aromatic nitrogens is 3. The lowest BCUT2D eigenvalue weighted by molar-refractivity contribution is -0.112. The first kappa shape index (κ1) is 36.9. The minimum Gasteiger partial charge on any atom is -0.489 e. The maximum absolute atomic E-state index is 15.5. The van der Waals surface area contributed by atoms with Gasteiger partial charge in [-0.3, -0.25) is 24.1 Å². The Labute approximate surface area is 314 Å². The number of nitrogens with zero attached hydrogens (tertiary/aromatic N) is 7. The highest BCUT2D eigenvalue weighted by atomic mass is 32.2. The Bertz CT molecular complexity index is 2540. The highest BCUT2D eigenvalue weighted by molar-refractivity contribution is 7.92. The van der Waals surface area contributed by atoms with Gasteiger partial charge in [0.05, 0.1) is 48.4 Å². The summed E-state index contributed by atoms with van der Waals surface area (Å²) in [6.45, 7) is 4.28. The van der Waals surface area contributed by atoms with Gasteiger partial charge in [-0.05, 0) is 49.4 Å². The number of sulfonamides is 1. The first-order chi connectivity index (χ1) is 26.4. The summed E-state index contributed by atoms with van der Waals surface area (Å²) in [5, 5.41) is 9.47. The van der Waals surface area contributed by atoms with Crippen LogP contribution in [0.2, 0.25) is 0 Å². The maximum Gasteiger partial charge on any atom is 0.341 e. The highest BCUT2D eigenvalue weighted by Gasteiger charge is 2.35. The second kappa shape index (κ2) is 14.8. The number of carboxylic acids is 1. The Morgan fingerprint density at radius 2 is 1.71 bits per heavy atom. The largest absolute Gasteiger partial charge is 0.489 e. The molecule has 2 aliphatic rings. The second-order valence-corrected chi connectivity index (χ2v) is 14.3.